The molecule has 0 radical (unpaired) electrons. The Morgan fingerprint density at radius 3 is 2.53 bits per heavy atom. The fraction of sp³-hybridized carbons (Fsp3) is 0.115. The molecule has 1 saturated heterocycles. The Morgan fingerprint density at radius 2 is 1.79 bits per heavy atom. The van der Waals surface area contributed by atoms with E-state index in [0.29, 0.717) is 44.8 Å². The van der Waals surface area contributed by atoms with Crippen molar-refractivity contribution >= 4 is 46.3 Å². The molecule has 3 aromatic rings. The van der Waals surface area contributed by atoms with Gasteiger partial charge < -0.3 is 9.47 Å². The molecule has 0 saturated carbocycles. The van der Waals surface area contributed by atoms with Crippen LogP contribution in [0.2, 0.25) is 5.02 Å². The molecule has 2 amide bonds. The van der Waals surface area contributed by atoms with Crippen molar-refractivity contribution < 1.29 is 19.1 Å². The molecule has 6 nitrogen and oxygen atoms in total. The smallest absolute Gasteiger partial charge is 0.298 e. The second kappa shape index (κ2) is 10.5. The molecule has 170 valence electrons. The first-order valence-electron chi connectivity index (χ1n) is 10.4. The summed E-state index contributed by atoms with van der Waals surface area (Å²) in [5, 5.41) is 9.42. The highest BCUT2D eigenvalue weighted by Gasteiger charge is 2.36. The molecule has 34 heavy (non-hydrogen) atoms. The van der Waals surface area contributed by atoms with Crippen LogP contribution >= 0.6 is 23.4 Å². The standard InChI is InChI=1S/C26H19ClN2O4S/c1-2-32-23-13-17(7-12-22(23)33-16-19-6-4-3-5-18(19)15-28)14-24-25(30)29(26(31)34-24)21-10-8-20(27)9-11-21/h3-14H,2,16H2,1H3/b24-14+. The van der Waals surface area contributed by atoms with Crippen molar-refractivity contribution in [2.45, 2.75) is 13.5 Å². The molecule has 1 fully saturated rings. The van der Waals surface area contributed by atoms with Gasteiger partial charge in [0.05, 0.1) is 28.8 Å². The van der Waals surface area contributed by atoms with Crippen LogP contribution in [0.15, 0.2) is 71.6 Å². The van der Waals surface area contributed by atoms with Crippen LogP contribution in [0.1, 0.15) is 23.6 Å². The van der Waals surface area contributed by atoms with E-state index in [4.69, 9.17) is 21.1 Å². The highest BCUT2D eigenvalue weighted by Crippen LogP contribution is 2.37. The third kappa shape index (κ3) is 5.09. The summed E-state index contributed by atoms with van der Waals surface area (Å²) in [6.45, 7) is 2.49. The minimum Gasteiger partial charge on any atom is -0.490 e. The Labute approximate surface area is 206 Å². The molecule has 3 aromatic carbocycles. The Hall–Kier alpha value is -3.73. The third-order valence-corrected chi connectivity index (χ3v) is 6.09. The lowest BCUT2D eigenvalue weighted by atomic mass is 10.1. The molecular formula is C26H19ClN2O4S. The molecule has 0 N–H and O–H groups in total. The van der Waals surface area contributed by atoms with E-state index in [1.807, 2.05) is 19.1 Å². The minimum atomic E-state index is -0.399. The fourth-order valence-electron chi connectivity index (χ4n) is 3.34. The number of halogens is 1. The lowest BCUT2D eigenvalue weighted by Gasteiger charge is -2.13. The zero-order chi connectivity index (χ0) is 24.1. The maximum Gasteiger partial charge on any atom is 0.298 e. The number of hydrogen-bond donors (Lipinski definition) is 0. The first kappa shape index (κ1) is 23.4. The van der Waals surface area contributed by atoms with Crippen LogP contribution in [-0.2, 0) is 11.4 Å². The van der Waals surface area contributed by atoms with Crippen LogP contribution in [0, 0.1) is 11.3 Å². The van der Waals surface area contributed by atoms with Gasteiger partial charge in [-0.3, -0.25) is 9.59 Å². The molecule has 1 heterocycles. The Balaban J connectivity index is 1.56. The van der Waals surface area contributed by atoms with Crippen LogP contribution in [-0.4, -0.2) is 17.8 Å². The van der Waals surface area contributed by atoms with Gasteiger partial charge in [-0.1, -0.05) is 35.9 Å². The second-order valence-electron chi connectivity index (χ2n) is 7.19. The van der Waals surface area contributed by atoms with Gasteiger partial charge in [-0.05, 0) is 72.8 Å². The van der Waals surface area contributed by atoms with Gasteiger partial charge in [-0.15, -0.1) is 0 Å². The van der Waals surface area contributed by atoms with E-state index in [1.165, 1.54) is 0 Å². The van der Waals surface area contributed by atoms with Gasteiger partial charge in [-0.25, -0.2) is 4.90 Å². The first-order chi connectivity index (χ1) is 16.5. The van der Waals surface area contributed by atoms with Crippen molar-refractivity contribution in [3.8, 4) is 17.6 Å². The summed E-state index contributed by atoms with van der Waals surface area (Å²) in [6, 6.07) is 21.2. The van der Waals surface area contributed by atoms with E-state index in [0.717, 1.165) is 22.2 Å². The van der Waals surface area contributed by atoms with E-state index in [2.05, 4.69) is 6.07 Å². The number of anilines is 1. The molecule has 0 unspecified atom stereocenters. The average Bonchev–Trinajstić information content (AvgIpc) is 3.12. The summed E-state index contributed by atoms with van der Waals surface area (Å²) in [6.07, 6.45) is 1.65. The van der Waals surface area contributed by atoms with Crippen LogP contribution in [0.25, 0.3) is 6.08 Å². The Morgan fingerprint density at radius 1 is 1.03 bits per heavy atom. The fourth-order valence-corrected chi connectivity index (χ4v) is 4.31. The van der Waals surface area contributed by atoms with Crippen molar-refractivity contribution in [2.24, 2.45) is 0 Å². The zero-order valence-corrected chi connectivity index (χ0v) is 19.7. The molecule has 1 aliphatic heterocycles. The summed E-state index contributed by atoms with van der Waals surface area (Å²) in [5.41, 5.74) is 2.47. The number of hydrogen-bond acceptors (Lipinski definition) is 6. The molecular weight excluding hydrogens is 472 g/mol. The second-order valence-corrected chi connectivity index (χ2v) is 8.62. The maximum absolute atomic E-state index is 12.9. The van der Waals surface area contributed by atoms with E-state index < -0.39 is 5.91 Å². The van der Waals surface area contributed by atoms with Gasteiger partial charge in [0.1, 0.15) is 6.61 Å². The molecule has 8 heteroatoms. The molecule has 0 aromatic heterocycles. The Bertz CT molecular complexity index is 1320. The summed E-state index contributed by atoms with van der Waals surface area (Å²) < 4.78 is 11.7. The van der Waals surface area contributed by atoms with E-state index >= 15 is 0 Å². The van der Waals surface area contributed by atoms with Crippen molar-refractivity contribution in [3.05, 3.63) is 93.3 Å². The Kier molecular flexibility index (Phi) is 7.21. The summed E-state index contributed by atoms with van der Waals surface area (Å²) in [4.78, 5) is 26.8. The van der Waals surface area contributed by atoms with Crippen LogP contribution < -0.4 is 14.4 Å². The SMILES string of the molecule is CCOc1cc(/C=C2/SC(=O)N(c3ccc(Cl)cc3)C2=O)ccc1OCc1ccccc1C#N. The lowest BCUT2D eigenvalue weighted by Crippen LogP contribution is -2.27. The van der Waals surface area contributed by atoms with Crippen molar-refractivity contribution in [1.29, 1.82) is 5.26 Å². The number of nitriles is 1. The number of carbonyl (C=O) groups is 2. The number of benzene rings is 3. The molecule has 0 bridgehead atoms. The molecule has 0 atom stereocenters. The van der Waals surface area contributed by atoms with Gasteiger partial charge >= 0.3 is 0 Å². The molecule has 0 spiro atoms. The minimum absolute atomic E-state index is 0.211. The normalized spacial score (nSPS) is 14.4. The number of thioether (sulfide) groups is 1. The monoisotopic (exact) mass is 490 g/mol. The largest absolute Gasteiger partial charge is 0.490 e. The quantitative estimate of drug-likeness (QED) is 0.355. The number of ether oxygens (including phenoxy) is 2. The third-order valence-electron chi connectivity index (χ3n) is 4.96. The van der Waals surface area contributed by atoms with Gasteiger partial charge in [0.15, 0.2) is 11.5 Å². The number of rotatable bonds is 7. The maximum atomic E-state index is 12.9. The number of nitrogens with zero attached hydrogens (tertiary/aromatic N) is 2. The van der Waals surface area contributed by atoms with Crippen LogP contribution in [0.5, 0.6) is 11.5 Å². The number of imide groups is 1. The molecule has 1 aliphatic rings. The van der Waals surface area contributed by atoms with Gasteiger partial charge in [-0.2, -0.15) is 5.26 Å². The van der Waals surface area contributed by atoms with Crippen molar-refractivity contribution in [2.75, 3.05) is 11.5 Å². The predicted octanol–water partition coefficient (Wildman–Crippen LogP) is 6.43. The topological polar surface area (TPSA) is 79.6 Å². The predicted molar refractivity (Wildman–Crippen MR) is 133 cm³/mol. The van der Waals surface area contributed by atoms with Gasteiger partial charge in [0, 0.05) is 10.6 Å². The van der Waals surface area contributed by atoms with Crippen LogP contribution in [0.4, 0.5) is 10.5 Å². The molecule has 0 aliphatic carbocycles. The zero-order valence-electron chi connectivity index (χ0n) is 18.2. The highest BCUT2D eigenvalue weighted by molar-refractivity contribution is 8.19. The van der Waals surface area contributed by atoms with Crippen LogP contribution in [0.3, 0.4) is 0 Å². The van der Waals surface area contributed by atoms with Crippen molar-refractivity contribution in [1.82, 2.24) is 0 Å². The number of carbonyl (C=O) groups excluding carboxylic acids is 2. The van der Waals surface area contributed by atoms with Gasteiger partial charge in [0.25, 0.3) is 11.1 Å². The average molecular weight is 491 g/mol. The van der Waals surface area contributed by atoms with E-state index in [9.17, 15) is 14.9 Å². The first-order valence-corrected chi connectivity index (χ1v) is 11.6. The number of amides is 2. The van der Waals surface area contributed by atoms with Gasteiger partial charge in [0.2, 0.25) is 0 Å². The molecule has 4 rings (SSSR count). The summed E-state index contributed by atoms with van der Waals surface area (Å²) in [7, 11) is 0. The lowest BCUT2D eigenvalue weighted by molar-refractivity contribution is -0.113. The summed E-state index contributed by atoms with van der Waals surface area (Å²) >= 11 is 6.78. The summed E-state index contributed by atoms with van der Waals surface area (Å²) in [5.74, 6) is 0.618. The van der Waals surface area contributed by atoms with E-state index in [-0.39, 0.29) is 11.8 Å². The van der Waals surface area contributed by atoms with E-state index in [1.54, 1.807) is 60.7 Å². The van der Waals surface area contributed by atoms with Crippen molar-refractivity contribution in [3.63, 3.8) is 0 Å². The highest BCUT2D eigenvalue weighted by atomic mass is 35.5.